The van der Waals surface area contributed by atoms with Crippen molar-refractivity contribution in [2.24, 2.45) is 0 Å². The van der Waals surface area contributed by atoms with Gasteiger partial charge in [0.15, 0.2) is 17.2 Å². The summed E-state index contributed by atoms with van der Waals surface area (Å²) in [6.07, 6.45) is 0. The van der Waals surface area contributed by atoms with E-state index in [1.165, 1.54) is 7.11 Å². The maximum Gasteiger partial charge on any atom is 0.359 e. The van der Waals surface area contributed by atoms with E-state index in [-0.39, 0.29) is 18.4 Å². The Hall–Kier alpha value is -3.55. The van der Waals surface area contributed by atoms with Crippen LogP contribution in [0.3, 0.4) is 0 Å². The van der Waals surface area contributed by atoms with Crippen LogP contribution in [0, 0.1) is 0 Å². The van der Waals surface area contributed by atoms with Crippen LogP contribution >= 0.6 is 0 Å². The number of benzene rings is 2. The first-order valence-electron chi connectivity index (χ1n) is 7.43. The first-order chi connectivity index (χ1) is 12.2. The number of carbonyl (C=O) groups excluding carboxylic acids is 2. The fourth-order valence-corrected chi connectivity index (χ4v) is 2.59. The minimum atomic E-state index is -0.550. The summed E-state index contributed by atoms with van der Waals surface area (Å²) in [5, 5.41) is 10.0. The Morgan fingerprint density at radius 3 is 2.84 bits per heavy atom. The lowest BCUT2D eigenvalue weighted by molar-refractivity contribution is 0.0596. The third-order valence-electron chi connectivity index (χ3n) is 3.83. The summed E-state index contributed by atoms with van der Waals surface area (Å²) in [5.74, 6) is 0.288. The van der Waals surface area contributed by atoms with Gasteiger partial charge in [0.25, 0.3) is 5.91 Å². The molecule has 3 aromatic rings. The van der Waals surface area contributed by atoms with Crippen molar-refractivity contribution in [2.45, 2.75) is 0 Å². The van der Waals surface area contributed by atoms with E-state index in [1.54, 1.807) is 36.4 Å². The predicted octanol–water partition coefficient (Wildman–Crippen LogP) is 2.33. The molecule has 0 atom stereocenters. The van der Waals surface area contributed by atoms with E-state index >= 15 is 0 Å². The Balaban J connectivity index is 1.61. The molecule has 1 amide bonds. The van der Waals surface area contributed by atoms with Gasteiger partial charge in [-0.05, 0) is 36.4 Å². The number of amides is 1. The fourth-order valence-electron chi connectivity index (χ4n) is 2.59. The second-order valence-corrected chi connectivity index (χ2v) is 5.35. The topological polar surface area (TPSA) is 103 Å². The first kappa shape index (κ1) is 15.0. The third kappa shape index (κ3) is 2.63. The van der Waals surface area contributed by atoms with Crippen LogP contribution in [0.25, 0.3) is 10.9 Å². The number of aromatic amines is 1. The van der Waals surface area contributed by atoms with Gasteiger partial charge < -0.3 is 19.5 Å². The number of ether oxygens (including phenoxy) is 3. The SMILES string of the molecule is COC(=O)c1n[nH]c2ccc(NC(=O)c3ccc4c(c3)OCO4)cc12. The predicted molar refractivity (Wildman–Crippen MR) is 88.0 cm³/mol. The summed E-state index contributed by atoms with van der Waals surface area (Å²) in [7, 11) is 1.29. The number of hydrogen-bond acceptors (Lipinski definition) is 6. The molecule has 0 saturated heterocycles. The van der Waals surface area contributed by atoms with Gasteiger partial charge in [-0.15, -0.1) is 0 Å². The number of carbonyl (C=O) groups is 2. The average molecular weight is 339 g/mol. The molecule has 1 aromatic heterocycles. The normalized spacial score (nSPS) is 12.2. The number of rotatable bonds is 3. The van der Waals surface area contributed by atoms with Gasteiger partial charge in [-0.25, -0.2) is 4.79 Å². The van der Waals surface area contributed by atoms with Crippen molar-refractivity contribution in [3.63, 3.8) is 0 Å². The molecule has 4 rings (SSSR count). The summed E-state index contributed by atoms with van der Waals surface area (Å²) in [4.78, 5) is 24.2. The Morgan fingerprint density at radius 1 is 1.16 bits per heavy atom. The highest BCUT2D eigenvalue weighted by Crippen LogP contribution is 2.32. The third-order valence-corrected chi connectivity index (χ3v) is 3.83. The summed E-state index contributed by atoms with van der Waals surface area (Å²) >= 11 is 0. The van der Waals surface area contributed by atoms with Crippen LogP contribution in [-0.4, -0.2) is 36.0 Å². The minimum Gasteiger partial charge on any atom is -0.464 e. The van der Waals surface area contributed by atoms with Crippen LogP contribution in [0.1, 0.15) is 20.8 Å². The van der Waals surface area contributed by atoms with Crippen LogP contribution < -0.4 is 14.8 Å². The van der Waals surface area contributed by atoms with Crippen LogP contribution in [0.4, 0.5) is 5.69 Å². The van der Waals surface area contributed by atoms with E-state index in [4.69, 9.17) is 14.2 Å². The number of H-pyrrole nitrogens is 1. The van der Waals surface area contributed by atoms with Gasteiger partial charge in [-0.2, -0.15) is 5.10 Å². The molecular weight excluding hydrogens is 326 g/mol. The van der Waals surface area contributed by atoms with Crippen LogP contribution in [-0.2, 0) is 4.74 Å². The molecule has 2 heterocycles. The summed E-state index contributed by atoms with van der Waals surface area (Å²) < 4.78 is 15.2. The molecule has 0 bridgehead atoms. The number of hydrogen-bond donors (Lipinski definition) is 2. The zero-order valence-corrected chi connectivity index (χ0v) is 13.2. The average Bonchev–Trinajstić information content (AvgIpc) is 3.26. The van der Waals surface area contributed by atoms with Gasteiger partial charge in [0.05, 0.1) is 12.6 Å². The molecular formula is C17H13N3O5. The number of anilines is 1. The second kappa shape index (κ2) is 5.82. The van der Waals surface area contributed by atoms with Crippen LogP contribution in [0.2, 0.25) is 0 Å². The maximum atomic E-state index is 12.4. The molecule has 0 aliphatic carbocycles. The second-order valence-electron chi connectivity index (χ2n) is 5.35. The smallest absolute Gasteiger partial charge is 0.359 e. The highest BCUT2D eigenvalue weighted by Gasteiger charge is 2.18. The molecule has 2 aromatic carbocycles. The van der Waals surface area contributed by atoms with Gasteiger partial charge in [0.1, 0.15) is 0 Å². The summed E-state index contributed by atoms with van der Waals surface area (Å²) in [6.45, 7) is 0.147. The van der Waals surface area contributed by atoms with E-state index in [0.29, 0.717) is 33.7 Å². The fraction of sp³-hybridized carbons (Fsp3) is 0.118. The molecule has 0 saturated carbocycles. The number of aromatic nitrogens is 2. The van der Waals surface area contributed by atoms with Crippen molar-refractivity contribution >= 4 is 28.5 Å². The van der Waals surface area contributed by atoms with Crippen molar-refractivity contribution in [3.8, 4) is 11.5 Å². The number of nitrogens with zero attached hydrogens (tertiary/aromatic N) is 1. The molecule has 1 aliphatic rings. The summed E-state index contributed by atoms with van der Waals surface area (Å²) in [6, 6.07) is 10.1. The van der Waals surface area contributed by atoms with E-state index in [9.17, 15) is 9.59 Å². The van der Waals surface area contributed by atoms with E-state index in [0.717, 1.165) is 0 Å². The zero-order chi connectivity index (χ0) is 17.4. The molecule has 0 spiro atoms. The van der Waals surface area contributed by atoms with Crippen molar-refractivity contribution < 1.29 is 23.8 Å². The van der Waals surface area contributed by atoms with Crippen molar-refractivity contribution in [1.29, 1.82) is 0 Å². The Labute approximate surface area is 141 Å². The van der Waals surface area contributed by atoms with Gasteiger partial charge >= 0.3 is 5.97 Å². The quantitative estimate of drug-likeness (QED) is 0.710. The number of esters is 1. The molecule has 126 valence electrons. The molecule has 1 aliphatic heterocycles. The molecule has 0 radical (unpaired) electrons. The van der Waals surface area contributed by atoms with E-state index in [2.05, 4.69) is 15.5 Å². The van der Waals surface area contributed by atoms with E-state index in [1.807, 2.05) is 0 Å². The van der Waals surface area contributed by atoms with E-state index < -0.39 is 5.97 Å². The monoisotopic (exact) mass is 339 g/mol. The van der Waals surface area contributed by atoms with Gasteiger partial charge in [-0.3, -0.25) is 9.89 Å². The lowest BCUT2D eigenvalue weighted by atomic mass is 10.1. The van der Waals surface area contributed by atoms with Crippen molar-refractivity contribution in [2.75, 3.05) is 19.2 Å². The lowest BCUT2D eigenvalue weighted by Gasteiger charge is -2.06. The standard InChI is InChI=1S/C17H13N3O5/c1-23-17(22)15-11-7-10(3-4-12(11)19-20-15)18-16(21)9-2-5-13-14(6-9)25-8-24-13/h2-7H,8H2,1H3,(H,18,21)(H,19,20). The molecule has 2 N–H and O–H groups in total. The highest BCUT2D eigenvalue weighted by molar-refractivity contribution is 6.07. The highest BCUT2D eigenvalue weighted by atomic mass is 16.7. The largest absolute Gasteiger partial charge is 0.464 e. The van der Waals surface area contributed by atoms with Crippen LogP contribution in [0.15, 0.2) is 36.4 Å². The summed E-state index contributed by atoms with van der Waals surface area (Å²) in [5.41, 5.74) is 1.80. The number of methoxy groups -OCH3 is 1. The minimum absolute atomic E-state index is 0.147. The maximum absolute atomic E-state index is 12.4. The Morgan fingerprint density at radius 2 is 2.00 bits per heavy atom. The lowest BCUT2D eigenvalue weighted by Crippen LogP contribution is -2.11. The number of nitrogens with one attached hydrogen (secondary N) is 2. The molecule has 0 unspecified atom stereocenters. The molecule has 8 nitrogen and oxygen atoms in total. The van der Waals surface area contributed by atoms with Crippen LogP contribution in [0.5, 0.6) is 11.5 Å². The Kier molecular flexibility index (Phi) is 3.50. The van der Waals surface area contributed by atoms with Gasteiger partial charge in [-0.1, -0.05) is 0 Å². The molecule has 25 heavy (non-hydrogen) atoms. The molecule has 8 heteroatoms. The molecule has 0 fully saturated rings. The Bertz CT molecular complexity index is 995. The first-order valence-corrected chi connectivity index (χ1v) is 7.43. The number of fused-ring (bicyclic) bond motifs is 2. The zero-order valence-electron chi connectivity index (χ0n) is 13.2. The van der Waals surface area contributed by atoms with Gasteiger partial charge in [0, 0.05) is 16.6 Å². The van der Waals surface area contributed by atoms with Crippen molar-refractivity contribution in [3.05, 3.63) is 47.7 Å². The van der Waals surface area contributed by atoms with Gasteiger partial charge in [0.2, 0.25) is 6.79 Å². The van der Waals surface area contributed by atoms with Crippen molar-refractivity contribution in [1.82, 2.24) is 10.2 Å².